The molecule has 15 heavy (non-hydrogen) atoms. The van der Waals surface area contributed by atoms with Crippen LogP contribution in [0.3, 0.4) is 0 Å². The lowest BCUT2D eigenvalue weighted by Crippen LogP contribution is -2.09. The highest BCUT2D eigenvalue weighted by molar-refractivity contribution is 5.90. The zero-order valence-electron chi connectivity index (χ0n) is 8.62. The number of carboxylic acids is 1. The number of hydrogen-bond donors (Lipinski definition) is 2. The zero-order valence-corrected chi connectivity index (χ0v) is 8.62. The summed E-state index contributed by atoms with van der Waals surface area (Å²) in [5.74, 6) is -0.840. The highest BCUT2D eigenvalue weighted by Crippen LogP contribution is 2.25. The molecule has 80 valence electrons. The molecule has 1 aromatic rings. The normalized spacial score (nSPS) is 13.9. The summed E-state index contributed by atoms with van der Waals surface area (Å²) in [7, 11) is 0. The largest absolute Gasteiger partial charge is 0.478 e. The lowest BCUT2D eigenvalue weighted by atomic mass is 9.98. The van der Waals surface area contributed by atoms with E-state index in [4.69, 9.17) is 10.8 Å². The molecular formula is C12H15NO2. The molecule has 0 amide bonds. The topological polar surface area (TPSA) is 63.3 Å². The molecule has 0 saturated carbocycles. The summed E-state index contributed by atoms with van der Waals surface area (Å²) in [5, 5.41) is 9.08. The first kappa shape index (κ1) is 10.2. The van der Waals surface area contributed by atoms with Gasteiger partial charge in [-0.25, -0.2) is 4.79 Å². The minimum absolute atomic E-state index is 0.432. The van der Waals surface area contributed by atoms with Gasteiger partial charge in [-0.3, -0.25) is 0 Å². The van der Waals surface area contributed by atoms with Crippen LogP contribution in [-0.2, 0) is 19.3 Å². The Morgan fingerprint density at radius 2 is 2.00 bits per heavy atom. The molecule has 0 unspecified atom stereocenters. The molecule has 0 fully saturated rings. The molecule has 0 atom stereocenters. The van der Waals surface area contributed by atoms with E-state index in [1.807, 2.05) is 12.1 Å². The van der Waals surface area contributed by atoms with Crippen molar-refractivity contribution in [3.8, 4) is 0 Å². The van der Waals surface area contributed by atoms with Gasteiger partial charge < -0.3 is 10.8 Å². The average molecular weight is 205 g/mol. The lowest BCUT2D eigenvalue weighted by molar-refractivity contribution is 0.0695. The highest BCUT2D eigenvalue weighted by Gasteiger charge is 2.17. The summed E-state index contributed by atoms with van der Waals surface area (Å²) in [5.41, 5.74) is 9.30. The quantitative estimate of drug-likeness (QED) is 0.783. The van der Waals surface area contributed by atoms with E-state index < -0.39 is 5.97 Å². The zero-order chi connectivity index (χ0) is 10.8. The first-order valence-electron chi connectivity index (χ1n) is 5.30. The van der Waals surface area contributed by atoms with E-state index in [1.165, 1.54) is 11.1 Å². The third kappa shape index (κ3) is 1.88. The van der Waals surface area contributed by atoms with Gasteiger partial charge in [-0.15, -0.1) is 0 Å². The number of aromatic carboxylic acids is 1. The van der Waals surface area contributed by atoms with Crippen LogP contribution in [0.2, 0.25) is 0 Å². The maximum Gasteiger partial charge on any atom is 0.335 e. The molecule has 0 aliphatic heterocycles. The third-order valence-electron chi connectivity index (χ3n) is 2.96. The lowest BCUT2D eigenvalue weighted by Gasteiger charge is -2.08. The number of hydrogen-bond acceptors (Lipinski definition) is 2. The van der Waals surface area contributed by atoms with Gasteiger partial charge in [0.25, 0.3) is 0 Å². The Balaban J connectivity index is 2.47. The average Bonchev–Trinajstić information content (AvgIpc) is 2.63. The molecular weight excluding hydrogens is 190 g/mol. The first-order valence-corrected chi connectivity index (χ1v) is 5.30. The standard InChI is InChI=1S/C12H15NO2/c13-5-4-10-6-8-2-1-3-9(8)7-11(10)12(14)15/h6-7H,1-5,13H2,(H,14,15). The SMILES string of the molecule is NCCc1cc2c(cc1C(=O)O)CCC2. The van der Waals surface area contributed by atoms with Crippen LogP contribution < -0.4 is 5.73 Å². The van der Waals surface area contributed by atoms with Crippen LogP contribution in [0, 0.1) is 0 Å². The van der Waals surface area contributed by atoms with E-state index in [0.29, 0.717) is 18.5 Å². The number of carboxylic acid groups (broad SMARTS) is 1. The number of carbonyl (C=O) groups is 1. The smallest absolute Gasteiger partial charge is 0.335 e. The molecule has 1 aromatic carbocycles. The van der Waals surface area contributed by atoms with Crippen LogP contribution in [0.4, 0.5) is 0 Å². The Kier molecular flexibility index (Phi) is 2.73. The second-order valence-electron chi connectivity index (χ2n) is 3.98. The van der Waals surface area contributed by atoms with Crippen LogP contribution in [0.1, 0.15) is 33.5 Å². The van der Waals surface area contributed by atoms with Gasteiger partial charge in [-0.1, -0.05) is 6.07 Å². The Labute approximate surface area is 88.9 Å². The summed E-state index contributed by atoms with van der Waals surface area (Å²) in [6, 6.07) is 3.86. The maximum absolute atomic E-state index is 11.1. The number of aryl methyl sites for hydroxylation is 2. The van der Waals surface area contributed by atoms with Crippen molar-refractivity contribution in [3.63, 3.8) is 0 Å². The van der Waals surface area contributed by atoms with Crippen LogP contribution in [0.25, 0.3) is 0 Å². The highest BCUT2D eigenvalue weighted by atomic mass is 16.4. The molecule has 0 heterocycles. The van der Waals surface area contributed by atoms with Crippen molar-refractivity contribution in [2.24, 2.45) is 5.73 Å². The first-order chi connectivity index (χ1) is 7.22. The summed E-state index contributed by atoms with van der Waals surface area (Å²) in [6.07, 6.45) is 3.88. The molecule has 1 aliphatic rings. The molecule has 0 radical (unpaired) electrons. The minimum Gasteiger partial charge on any atom is -0.478 e. The van der Waals surface area contributed by atoms with E-state index in [0.717, 1.165) is 24.8 Å². The summed E-state index contributed by atoms with van der Waals surface area (Å²) in [4.78, 5) is 11.1. The predicted octanol–water partition coefficient (Wildman–Crippen LogP) is 1.37. The van der Waals surface area contributed by atoms with Crippen LogP contribution >= 0.6 is 0 Å². The monoisotopic (exact) mass is 205 g/mol. The van der Waals surface area contributed by atoms with Crippen molar-refractivity contribution in [1.29, 1.82) is 0 Å². The Morgan fingerprint density at radius 1 is 1.33 bits per heavy atom. The van der Waals surface area contributed by atoms with E-state index in [9.17, 15) is 4.79 Å². The van der Waals surface area contributed by atoms with E-state index in [1.54, 1.807) is 0 Å². The number of fused-ring (bicyclic) bond motifs is 1. The van der Waals surface area contributed by atoms with E-state index >= 15 is 0 Å². The van der Waals surface area contributed by atoms with Crippen molar-refractivity contribution < 1.29 is 9.90 Å². The van der Waals surface area contributed by atoms with Crippen LogP contribution in [0.5, 0.6) is 0 Å². The molecule has 0 saturated heterocycles. The van der Waals surface area contributed by atoms with Gasteiger partial charge in [-0.05, 0) is 55.0 Å². The van der Waals surface area contributed by atoms with Crippen molar-refractivity contribution in [1.82, 2.24) is 0 Å². The fourth-order valence-electron chi connectivity index (χ4n) is 2.24. The van der Waals surface area contributed by atoms with Gasteiger partial charge in [0.1, 0.15) is 0 Å². The van der Waals surface area contributed by atoms with Gasteiger partial charge in [-0.2, -0.15) is 0 Å². The molecule has 0 spiro atoms. The number of rotatable bonds is 3. The van der Waals surface area contributed by atoms with Crippen LogP contribution in [-0.4, -0.2) is 17.6 Å². The fraction of sp³-hybridized carbons (Fsp3) is 0.417. The van der Waals surface area contributed by atoms with Crippen molar-refractivity contribution in [2.75, 3.05) is 6.54 Å². The number of benzene rings is 1. The van der Waals surface area contributed by atoms with E-state index in [2.05, 4.69) is 0 Å². The molecule has 0 aromatic heterocycles. The van der Waals surface area contributed by atoms with Crippen molar-refractivity contribution in [2.45, 2.75) is 25.7 Å². The van der Waals surface area contributed by atoms with Crippen LogP contribution in [0.15, 0.2) is 12.1 Å². The molecule has 3 heteroatoms. The second kappa shape index (κ2) is 4.03. The number of nitrogens with two attached hydrogens (primary N) is 1. The summed E-state index contributed by atoms with van der Waals surface area (Å²) >= 11 is 0. The van der Waals surface area contributed by atoms with Gasteiger partial charge in [0.15, 0.2) is 0 Å². The van der Waals surface area contributed by atoms with Crippen molar-refractivity contribution >= 4 is 5.97 Å². The second-order valence-corrected chi connectivity index (χ2v) is 3.98. The Bertz CT molecular complexity index is 399. The molecule has 1 aliphatic carbocycles. The third-order valence-corrected chi connectivity index (χ3v) is 2.96. The van der Waals surface area contributed by atoms with Gasteiger partial charge in [0.2, 0.25) is 0 Å². The maximum atomic E-state index is 11.1. The van der Waals surface area contributed by atoms with Gasteiger partial charge >= 0.3 is 5.97 Å². The molecule has 0 bridgehead atoms. The Morgan fingerprint density at radius 3 is 2.60 bits per heavy atom. The van der Waals surface area contributed by atoms with Gasteiger partial charge in [0, 0.05) is 0 Å². The molecule has 2 rings (SSSR count). The van der Waals surface area contributed by atoms with Crippen molar-refractivity contribution in [3.05, 3.63) is 34.4 Å². The fourth-order valence-corrected chi connectivity index (χ4v) is 2.24. The molecule has 3 nitrogen and oxygen atoms in total. The predicted molar refractivity (Wildman–Crippen MR) is 58.2 cm³/mol. The summed E-state index contributed by atoms with van der Waals surface area (Å²) in [6.45, 7) is 0.499. The van der Waals surface area contributed by atoms with Gasteiger partial charge in [0.05, 0.1) is 5.56 Å². The Hall–Kier alpha value is -1.35. The molecule has 3 N–H and O–H groups in total. The minimum atomic E-state index is -0.840. The summed E-state index contributed by atoms with van der Waals surface area (Å²) < 4.78 is 0. The van der Waals surface area contributed by atoms with E-state index in [-0.39, 0.29) is 0 Å².